The summed E-state index contributed by atoms with van der Waals surface area (Å²) in [6.07, 6.45) is -6.86. The van der Waals surface area contributed by atoms with Gasteiger partial charge in [0.2, 0.25) is 0 Å². The standard InChI is InChI=1S/C9H12F3NO4/c1-4-7(14)5(3-6(16-2)17-4)13-8(15)9(10,11)12/h4-6H,3H2,1-2H3,(H,13,15)/t4-,5-,6+/m0/s1. The Morgan fingerprint density at radius 3 is 2.59 bits per heavy atom. The third-order valence-electron chi connectivity index (χ3n) is 2.35. The Kier molecular flexibility index (Phi) is 4.10. The van der Waals surface area contributed by atoms with Crippen LogP contribution in [-0.4, -0.2) is 43.4 Å². The van der Waals surface area contributed by atoms with Crippen LogP contribution >= 0.6 is 0 Å². The number of carbonyl (C=O) groups excluding carboxylic acids is 2. The van der Waals surface area contributed by atoms with Crippen molar-refractivity contribution >= 4 is 11.7 Å². The van der Waals surface area contributed by atoms with Gasteiger partial charge < -0.3 is 14.8 Å². The summed E-state index contributed by atoms with van der Waals surface area (Å²) in [5, 5.41) is 1.63. The number of amides is 1. The molecule has 3 atom stereocenters. The van der Waals surface area contributed by atoms with Crippen molar-refractivity contribution in [1.29, 1.82) is 0 Å². The second-order valence-electron chi connectivity index (χ2n) is 3.61. The van der Waals surface area contributed by atoms with Crippen molar-refractivity contribution in [2.45, 2.75) is 38.0 Å². The van der Waals surface area contributed by atoms with Gasteiger partial charge in [-0.1, -0.05) is 0 Å². The fraction of sp³-hybridized carbons (Fsp3) is 0.778. The number of carbonyl (C=O) groups is 2. The quantitative estimate of drug-likeness (QED) is 0.775. The molecule has 1 saturated heterocycles. The molecule has 0 aromatic rings. The van der Waals surface area contributed by atoms with Crippen LogP contribution in [0.4, 0.5) is 13.2 Å². The molecule has 0 spiro atoms. The van der Waals surface area contributed by atoms with Crippen molar-refractivity contribution < 1.29 is 32.2 Å². The van der Waals surface area contributed by atoms with Crippen LogP contribution in [-0.2, 0) is 19.1 Å². The van der Waals surface area contributed by atoms with Gasteiger partial charge in [-0.15, -0.1) is 0 Å². The van der Waals surface area contributed by atoms with E-state index in [0.717, 1.165) is 0 Å². The molecule has 0 bridgehead atoms. The van der Waals surface area contributed by atoms with Gasteiger partial charge in [-0.05, 0) is 6.92 Å². The van der Waals surface area contributed by atoms with Crippen LogP contribution < -0.4 is 5.32 Å². The number of ketones is 1. The fourth-order valence-electron chi connectivity index (χ4n) is 1.46. The predicted molar refractivity (Wildman–Crippen MR) is 49.0 cm³/mol. The number of rotatable bonds is 2. The third-order valence-corrected chi connectivity index (χ3v) is 2.35. The molecule has 0 saturated carbocycles. The van der Waals surface area contributed by atoms with E-state index in [1.807, 2.05) is 0 Å². The molecule has 1 aliphatic heterocycles. The van der Waals surface area contributed by atoms with Crippen LogP contribution in [0.15, 0.2) is 0 Å². The maximum atomic E-state index is 12.0. The normalized spacial score (nSPS) is 30.2. The lowest BCUT2D eigenvalue weighted by molar-refractivity contribution is -0.192. The molecule has 1 N–H and O–H groups in total. The van der Waals surface area contributed by atoms with Crippen molar-refractivity contribution in [1.82, 2.24) is 5.32 Å². The Bertz CT molecular complexity index is 318. The Labute approximate surface area is 95.2 Å². The van der Waals surface area contributed by atoms with E-state index in [4.69, 9.17) is 9.47 Å². The molecule has 8 heteroatoms. The molecule has 1 heterocycles. The number of nitrogens with one attached hydrogen (secondary N) is 1. The summed E-state index contributed by atoms with van der Waals surface area (Å²) in [7, 11) is 1.30. The smallest absolute Gasteiger partial charge is 0.356 e. The van der Waals surface area contributed by atoms with Gasteiger partial charge in [-0.2, -0.15) is 13.2 Å². The van der Waals surface area contributed by atoms with Gasteiger partial charge in [0.05, 0.1) is 6.04 Å². The Morgan fingerprint density at radius 2 is 2.12 bits per heavy atom. The van der Waals surface area contributed by atoms with Crippen molar-refractivity contribution in [3.05, 3.63) is 0 Å². The maximum Gasteiger partial charge on any atom is 0.471 e. The van der Waals surface area contributed by atoms with Crippen LogP contribution in [0.1, 0.15) is 13.3 Å². The van der Waals surface area contributed by atoms with Gasteiger partial charge in [0.1, 0.15) is 6.10 Å². The van der Waals surface area contributed by atoms with Crippen LogP contribution in [0.5, 0.6) is 0 Å². The SMILES string of the molecule is CO[C@H]1C[C@H](NC(=O)C(F)(F)F)C(=O)[C@H](C)O1. The molecule has 98 valence electrons. The highest BCUT2D eigenvalue weighted by Gasteiger charge is 2.43. The first kappa shape index (κ1) is 13.9. The van der Waals surface area contributed by atoms with E-state index in [0.29, 0.717) is 0 Å². The number of hydrogen-bond acceptors (Lipinski definition) is 4. The molecule has 1 amide bonds. The summed E-state index contributed by atoms with van der Waals surface area (Å²) in [5.74, 6) is -2.74. The molecular formula is C9H12F3NO4. The highest BCUT2D eigenvalue weighted by Crippen LogP contribution is 2.20. The monoisotopic (exact) mass is 255 g/mol. The van der Waals surface area contributed by atoms with Crippen molar-refractivity contribution in [3.63, 3.8) is 0 Å². The first-order chi connectivity index (χ1) is 7.75. The van der Waals surface area contributed by atoms with Gasteiger partial charge in [0.25, 0.3) is 0 Å². The number of halogens is 3. The third kappa shape index (κ3) is 3.40. The van der Waals surface area contributed by atoms with E-state index in [1.54, 1.807) is 5.32 Å². The first-order valence-electron chi connectivity index (χ1n) is 4.85. The van der Waals surface area contributed by atoms with Gasteiger partial charge in [-0.3, -0.25) is 9.59 Å². The highest BCUT2D eigenvalue weighted by molar-refractivity contribution is 5.93. The number of alkyl halides is 3. The van der Waals surface area contributed by atoms with Crippen LogP contribution in [0, 0.1) is 0 Å². The molecule has 0 aliphatic carbocycles. The Morgan fingerprint density at radius 1 is 1.53 bits per heavy atom. The number of hydrogen-bond donors (Lipinski definition) is 1. The summed E-state index contributed by atoms with van der Waals surface area (Å²) in [5.41, 5.74) is 0. The van der Waals surface area contributed by atoms with Crippen molar-refractivity contribution in [2.24, 2.45) is 0 Å². The molecule has 1 fully saturated rings. The van der Waals surface area contributed by atoms with Gasteiger partial charge in [-0.25, -0.2) is 0 Å². The maximum absolute atomic E-state index is 12.0. The highest BCUT2D eigenvalue weighted by atomic mass is 19.4. The lowest BCUT2D eigenvalue weighted by Gasteiger charge is -2.32. The zero-order valence-corrected chi connectivity index (χ0v) is 9.21. The Balaban J connectivity index is 2.68. The van der Waals surface area contributed by atoms with Gasteiger partial charge >= 0.3 is 12.1 Å². The Hall–Kier alpha value is -1.15. The van der Waals surface area contributed by atoms with Crippen LogP contribution in [0.2, 0.25) is 0 Å². The number of Topliss-reactive ketones (excluding diaryl/α,β-unsaturated/α-hetero) is 1. The molecule has 0 unspecified atom stereocenters. The molecule has 17 heavy (non-hydrogen) atoms. The predicted octanol–water partition coefficient (Wildman–Crippen LogP) is 0.384. The lowest BCUT2D eigenvalue weighted by atomic mass is 10.0. The van der Waals surface area contributed by atoms with E-state index < -0.39 is 36.3 Å². The number of methoxy groups -OCH3 is 1. The van der Waals surface area contributed by atoms with Crippen LogP contribution in [0.25, 0.3) is 0 Å². The largest absolute Gasteiger partial charge is 0.471 e. The average Bonchev–Trinajstić information content (AvgIpc) is 2.22. The molecular weight excluding hydrogens is 243 g/mol. The lowest BCUT2D eigenvalue weighted by Crippen LogP contribution is -2.54. The second-order valence-corrected chi connectivity index (χ2v) is 3.61. The van der Waals surface area contributed by atoms with E-state index in [1.165, 1.54) is 14.0 Å². The second kappa shape index (κ2) is 5.01. The van der Waals surface area contributed by atoms with E-state index >= 15 is 0 Å². The minimum absolute atomic E-state index is 0.137. The van der Waals surface area contributed by atoms with Gasteiger partial charge in [0.15, 0.2) is 12.1 Å². The molecule has 0 aromatic heterocycles. The molecule has 1 rings (SSSR count). The van der Waals surface area contributed by atoms with Crippen molar-refractivity contribution in [2.75, 3.05) is 7.11 Å². The zero-order chi connectivity index (χ0) is 13.2. The molecule has 1 aliphatic rings. The fourth-order valence-corrected chi connectivity index (χ4v) is 1.46. The van der Waals surface area contributed by atoms with Crippen LogP contribution in [0.3, 0.4) is 0 Å². The minimum atomic E-state index is -5.01. The summed E-state index contributed by atoms with van der Waals surface area (Å²) in [4.78, 5) is 22.2. The number of ether oxygens (including phenoxy) is 2. The van der Waals surface area contributed by atoms with E-state index in [2.05, 4.69) is 0 Å². The molecule has 0 aromatic carbocycles. The van der Waals surface area contributed by atoms with Crippen molar-refractivity contribution in [3.8, 4) is 0 Å². The van der Waals surface area contributed by atoms with E-state index in [-0.39, 0.29) is 6.42 Å². The summed E-state index contributed by atoms with van der Waals surface area (Å²) in [6.45, 7) is 1.39. The minimum Gasteiger partial charge on any atom is -0.356 e. The zero-order valence-electron chi connectivity index (χ0n) is 9.21. The molecule has 5 nitrogen and oxygen atoms in total. The summed E-state index contributed by atoms with van der Waals surface area (Å²) in [6, 6.07) is -1.24. The molecule has 0 radical (unpaired) electrons. The topological polar surface area (TPSA) is 64.6 Å². The summed E-state index contributed by atoms with van der Waals surface area (Å²) >= 11 is 0. The average molecular weight is 255 g/mol. The van der Waals surface area contributed by atoms with E-state index in [9.17, 15) is 22.8 Å². The van der Waals surface area contributed by atoms with Gasteiger partial charge in [0, 0.05) is 13.5 Å². The first-order valence-corrected chi connectivity index (χ1v) is 4.85. The summed E-state index contributed by atoms with van der Waals surface area (Å²) < 4.78 is 45.9.